The zero-order valence-corrected chi connectivity index (χ0v) is 7.56. The average molecular weight is 175 g/mol. The Bertz CT molecular complexity index is 163. The van der Waals surface area contributed by atoms with Crippen LogP contribution in [0.3, 0.4) is 0 Å². The normalized spacial score (nSPS) is 31.2. The van der Waals surface area contributed by atoms with Crippen molar-refractivity contribution in [1.82, 2.24) is 0 Å². The Kier molecular flexibility index (Phi) is 2.78. The van der Waals surface area contributed by atoms with E-state index in [-0.39, 0.29) is 5.97 Å². The molecule has 1 fully saturated rings. The van der Waals surface area contributed by atoms with Gasteiger partial charge in [0.05, 0.1) is 7.11 Å². The number of carbonyl (C=O) groups excluding carboxylic acids is 1. The quantitative estimate of drug-likeness (QED) is 0.497. The molecule has 1 saturated heterocycles. The molecule has 1 aliphatic heterocycles. The summed E-state index contributed by atoms with van der Waals surface area (Å²) in [6.07, 6.45) is 0.749. The Morgan fingerprint density at radius 3 is 2.73 bits per heavy atom. The number of hydrogen-bond donors (Lipinski definition) is 1. The predicted octanol–water partition coefficient (Wildman–Crippen LogP) is 0.381. The number of thioether (sulfide) groups is 1. The van der Waals surface area contributed by atoms with E-state index in [1.54, 1.807) is 0 Å². The van der Waals surface area contributed by atoms with E-state index in [1.165, 1.54) is 7.11 Å². The van der Waals surface area contributed by atoms with Gasteiger partial charge in [0.1, 0.15) is 6.04 Å². The molecule has 1 aliphatic rings. The summed E-state index contributed by atoms with van der Waals surface area (Å²) >= 11 is 1.86. The maximum atomic E-state index is 10.8. The van der Waals surface area contributed by atoms with E-state index in [2.05, 4.69) is 11.7 Å². The first-order valence-electron chi connectivity index (χ1n) is 3.64. The van der Waals surface area contributed by atoms with Gasteiger partial charge in [0, 0.05) is 10.5 Å². The summed E-state index contributed by atoms with van der Waals surface area (Å²) in [4.78, 5) is 10.8. The predicted molar refractivity (Wildman–Crippen MR) is 45.4 cm³/mol. The van der Waals surface area contributed by atoms with Crippen LogP contribution < -0.4 is 5.73 Å². The van der Waals surface area contributed by atoms with Crippen molar-refractivity contribution in [2.45, 2.75) is 29.9 Å². The topological polar surface area (TPSA) is 52.3 Å². The highest BCUT2D eigenvalue weighted by Crippen LogP contribution is 2.43. The third-order valence-electron chi connectivity index (χ3n) is 1.83. The standard InChI is InChI=1S/C7H13NO2S/c1-4-6(11-4)3-5(8)7(9)10-2/h4-6H,3,8H2,1-2H3/t4-,5-,6+/m0/s1. The second-order valence-corrected chi connectivity index (χ2v) is 4.37. The molecule has 0 radical (unpaired) electrons. The molecule has 0 amide bonds. The molecule has 4 heteroatoms. The van der Waals surface area contributed by atoms with E-state index in [0.717, 1.165) is 6.42 Å². The minimum Gasteiger partial charge on any atom is -0.468 e. The van der Waals surface area contributed by atoms with Gasteiger partial charge in [-0.25, -0.2) is 0 Å². The highest BCUT2D eigenvalue weighted by Gasteiger charge is 2.36. The van der Waals surface area contributed by atoms with Crippen LogP contribution in [0.5, 0.6) is 0 Å². The molecule has 3 atom stereocenters. The molecule has 3 nitrogen and oxygen atoms in total. The van der Waals surface area contributed by atoms with Crippen LogP contribution in [0.15, 0.2) is 0 Å². The average Bonchev–Trinajstić information content (AvgIpc) is 2.65. The summed E-state index contributed by atoms with van der Waals surface area (Å²) < 4.78 is 4.50. The maximum absolute atomic E-state index is 10.8. The molecular weight excluding hydrogens is 162 g/mol. The van der Waals surface area contributed by atoms with Gasteiger partial charge in [-0.05, 0) is 6.42 Å². The molecule has 0 unspecified atom stereocenters. The van der Waals surface area contributed by atoms with Crippen molar-refractivity contribution in [2.24, 2.45) is 5.73 Å². The van der Waals surface area contributed by atoms with Crippen molar-refractivity contribution in [2.75, 3.05) is 7.11 Å². The van der Waals surface area contributed by atoms with Gasteiger partial charge in [0.25, 0.3) is 0 Å². The highest BCUT2D eigenvalue weighted by atomic mass is 32.2. The molecule has 64 valence electrons. The van der Waals surface area contributed by atoms with Gasteiger partial charge >= 0.3 is 5.97 Å². The third kappa shape index (κ3) is 2.38. The second kappa shape index (κ2) is 3.45. The van der Waals surface area contributed by atoms with Crippen molar-refractivity contribution in [3.63, 3.8) is 0 Å². The second-order valence-electron chi connectivity index (χ2n) is 2.75. The fourth-order valence-electron chi connectivity index (χ4n) is 0.975. The molecule has 0 saturated carbocycles. The number of ether oxygens (including phenoxy) is 1. The Labute approximate surface area is 70.7 Å². The lowest BCUT2D eigenvalue weighted by molar-refractivity contribution is -0.142. The van der Waals surface area contributed by atoms with E-state index in [0.29, 0.717) is 10.5 Å². The van der Waals surface area contributed by atoms with Crippen molar-refractivity contribution in [3.05, 3.63) is 0 Å². The number of hydrogen-bond acceptors (Lipinski definition) is 4. The van der Waals surface area contributed by atoms with Crippen LogP contribution in [0.4, 0.5) is 0 Å². The number of nitrogens with two attached hydrogens (primary N) is 1. The Morgan fingerprint density at radius 1 is 1.82 bits per heavy atom. The lowest BCUT2D eigenvalue weighted by Gasteiger charge is -2.06. The van der Waals surface area contributed by atoms with E-state index < -0.39 is 6.04 Å². The molecule has 0 aromatic carbocycles. The molecule has 1 rings (SSSR count). The number of methoxy groups -OCH3 is 1. The van der Waals surface area contributed by atoms with Crippen LogP contribution in [0.2, 0.25) is 0 Å². The fourth-order valence-corrected chi connectivity index (χ4v) is 1.87. The van der Waals surface area contributed by atoms with E-state index in [4.69, 9.17) is 5.73 Å². The summed E-state index contributed by atoms with van der Waals surface area (Å²) in [6.45, 7) is 2.14. The number of rotatable bonds is 3. The number of esters is 1. The van der Waals surface area contributed by atoms with Crippen molar-refractivity contribution >= 4 is 17.7 Å². The maximum Gasteiger partial charge on any atom is 0.322 e. The van der Waals surface area contributed by atoms with Crippen LogP contribution in [-0.4, -0.2) is 29.6 Å². The lowest BCUT2D eigenvalue weighted by Crippen LogP contribution is -2.32. The molecule has 0 spiro atoms. The SMILES string of the molecule is COC(=O)[C@@H](N)C[C@H]1S[C@H]1C. The molecule has 11 heavy (non-hydrogen) atoms. The molecule has 0 bridgehead atoms. The van der Waals surface area contributed by atoms with Crippen LogP contribution in [0.1, 0.15) is 13.3 Å². The monoisotopic (exact) mass is 175 g/mol. The van der Waals surface area contributed by atoms with Gasteiger partial charge in [0.2, 0.25) is 0 Å². The van der Waals surface area contributed by atoms with E-state index in [9.17, 15) is 4.79 Å². The minimum absolute atomic E-state index is 0.301. The van der Waals surface area contributed by atoms with Crippen molar-refractivity contribution < 1.29 is 9.53 Å². The summed E-state index contributed by atoms with van der Waals surface area (Å²) in [5.41, 5.74) is 5.54. The zero-order valence-electron chi connectivity index (χ0n) is 6.74. The Hall–Kier alpha value is -0.220. The molecule has 0 aromatic heterocycles. The molecule has 0 aliphatic carbocycles. The summed E-state index contributed by atoms with van der Waals surface area (Å²) in [6, 6.07) is -0.428. The van der Waals surface area contributed by atoms with Gasteiger partial charge in [-0.15, -0.1) is 0 Å². The van der Waals surface area contributed by atoms with Crippen molar-refractivity contribution in [3.8, 4) is 0 Å². The number of carbonyl (C=O) groups is 1. The lowest BCUT2D eigenvalue weighted by atomic mass is 10.1. The van der Waals surface area contributed by atoms with E-state index in [1.807, 2.05) is 11.8 Å². The van der Waals surface area contributed by atoms with Crippen LogP contribution in [0, 0.1) is 0 Å². The third-order valence-corrected chi connectivity index (χ3v) is 3.22. The first-order valence-corrected chi connectivity index (χ1v) is 4.58. The zero-order chi connectivity index (χ0) is 8.43. The highest BCUT2D eigenvalue weighted by molar-refractivity contribution is 8.07. The fraction of sp³-hybridized carbons (Fsp3) is 0.857. The van der Waals surface area contributed by atoms with Crippen LogP contribution in [-0.2, 0) is 9.53 Å². The van der Waals surface area contributed by atoms with E-state index >= 15 is 0 Å². The van der Waals surface area contributed by atoms with Gasteiger partial charge < -0.3 is 10.5 Å². The largest absolute Gasteiger partial charge is 0.468 e. The van der Waals surface area contributed by atoms with Gasteiger partial charge in [-0.1, -0.05) is 6.92 Å². The van der Waals surface area contributed by atoms with Gasteiger partial charge in [-0.2, -0.15) is 11.8 Å². The molecule has 0 aromatic rings. The van der Waals surface area contributed by atoms with Crippen LogP contribution >= 0.6 is 11.8 Å². The van der Waals surface area contributed by atoms with Gasteiger partial charge in [-0.3, -0.25) is 4.79 Å². The smallest absolute Gasteiger partial charge is 0.322 e. The Balaban J connectivity index is 2.20. The minimum atomic E-state index is -0.428. The first-order chi connectivity index (χ1) is 5.15. The molecule has 2 N–H and O–H groups in total. The summed E-state index contributed by atoms with van der Waals surface area (Å²) in [5, 5.41) is 1.25. The van der Waals surface area contributed by atoms with Crippen LogP contribution in [0.25, 0.3) is 0 Å². The molecule has 1 heterocycles. The Morgan fingerprint density at radius 2 is 2.36 bits per heavy atom. The summed E-state index contributed by atoms with van der Waals surface area (Å²) in [5.74, 6) is -0.301. The first kappa shape index (κ1) is 8.87. The molecular formula is C7H13NO2S. The summed E-state index contributed by atoms with van der Waals surface area (Å²) in [7, 11) is 1.37. The van der Waals surface area contributed by atoms with Gasteiger partial charge in [0.15, 0.2) is 0 Å². The van der Waals surface area contributed by atoms with Crippen molar-refractivity contribution in [1.29, 1.82) is 0 Å².